The fourth-order valence-corrected chi connectivity index (χ4v) is 3.85. The van der Waals surface area contributed by atoms with Crippen molar-refractivity contribution in [3.8, 4) is 0 Å². The van der Waals surface area contributed by atoms with Crippen LogP contribution in [0.5, 0.6) is 0 Å². The van der Waals surface area contributed by atoms with E-state index in [1.54, 1.807) is 0 Å². The van der Waals surface area contributed by atoms with Gasteiger partial charge in [0.25, 0.3) is 0 Å². The minimum atomic E-state index is -0.541. The Hall–Kier alpha value is -1.87. The zero-order chi connectivity index (χ0) is 15.3. The van der Waals surface area contributed by atoms with E-state index in [1.165, 1.54) is 6.07 Å². The number of benzene rings is 2. The third-order valence-electron chi connectivity index (χ3n) is 4.59. The summed E-state index contributed by atoms with van der Waals surface area (Å²) in [4.78, 5) is 0. The highest BCUT2D eigenvalue weighted by Crippen LogP contribution is 2.50. The van der Waals surface area contributed by atoms with Crippen molar-refractivity contribution in [2.45, 2.75) is 18.4 Å². The first kappa shape index (κ1) is 13.8. The van der Waals surface area contributed by atoms with Gasteiger partial charge in [0, 0.05) is 17.0 Å². The molecule has 0 amide bonds. The first-order valence-corrected chi connectivity index (χ1v) is 7.69. The van der Waals surface area contributed by atoms with Gasteiger partial charge in [-0.3, -0.25) is 0 Å². The van der Waals surface area contributed by atoms with Gasteiger partial charge >= 0.3 is 0 Å². The zero-order valence-electron chi connectivity index (χ0n) is 11.7. The molecule has 0 radical (unpaired) electrons. The molecule has 0 fully saturated rings. The third kappa shape index (κ3) is 2.12. The van der Waals surface area contributed by atoms with Crippen LogP contribution >= 0.6 is 11.6 Å². The zero-order valence-corrected chi connectivity index (χ0v) is 12.4. The predicted octanol–water partition coefficient (Wildman–Crippen LogP) is 5.44. The number of nitrogens with one attached hydrogen (secondary N) is 1. The Labute approximate surface area is 132 Å². The van der Waals surface area contributed by atoms with Crippen molar-refractivity contribution >= 4 is 17.3 Å². The smallest absolute Gasteiger partial charge is 0.149 e. The number of hydrogen-bond donors (Lipinski definition) is 1. The maximum Gasteiger partial charge on any atom is 0.149 e. The molecule has 2 aromatic carbocycles. The molecule has 0 saturated carbocycles. The summed E-state index contributed by atoms with van der Waals surface area (Å²) in [7, 11) is 0. The van der Waals surface area contributed by atoms with Gasteiger partial charge in [-0.1, -0.05) is 35.9 Å². The molecular formula is C18H14ClF2N. The summed E-state index contributed by atoms with van der Waals surface area (Å²) in [5.74, 6) is -0.795. The van der Waals surface area contributed by atoms with E-state index < -0.39 is 11.6 Å². The number of fused-ring (bicyclic) bond motifs is 3. The highest BCUT2D eigenvalue weighted by Gasteiger charge is 2.39. The van der Waals surface area contributed by atoms with Gasteiger partial charge in [0.15, 0.2) is 0 Å². The third-order valence-corrected chi connectivity index (χ3v) is 4.83. The van der Waals surface area contributed by atoms with Crippen molar-refractivity contribution in [3.05, 3.63) is 76.3 Å². The predicted molar refractivity (Wildman–Crippen MR) is 84.2 cm³/mol. The molecule has 3 atom stereocenters. The lowest BCUT2D eigenvalue weighted by Crippen LogP contribution is -2.29. The number of hydrogen-bond acceptors (Lipinski definition) is 1. The van der Waals surface area contributed by atoms with Crippen molar-refractivity contribution in [1.29, 1.82) is 0 Å². The maximum absolute atomic E-state index is 14.2. The molecule has 2 aromatic rings. The lowest BCUT2D eigenvalue weighted by molar-refractivity contribution is 0.418. The van der Waals surface area contributed by atoms with Crippen LogP contribution in [0.4, 0.5) is 14.5 Å². The van der Waals surface area contributed by atoms with Crippen LogP contribution in [0, 0.1) is 17.6 Å². The summed E-state index contributed by atoms with van der Waals surface area (Å²) in [6, 6.07) is 9.94. The van der Waals surface area contributed by atoms with Crippen molar-refractivity contribution in [2.75, 3.05) is 5.32 Å². The number of allylic oxidation sites excluding steroid dienone is 2. The molecule has 4 heteroatoms. The molecule has 2 aliphatic rings. The second kappa shape index (κ2) is 5.10. The SMILES string of the molecule is Fc1cc(F)c2c(c1)[C@@H]1C=CC[C@@H]1[C@@H](c1cccc(Cl)c1)N2. The second-order valence-corrected chi connectivity index (χ2v) is 6.32. The van der Waals surface area contributed by atoms with Crippen LogP contribution < -0.4 is 5.32 Å². The van der Waals surface area contributed by atoms with E-state index in [4.69, 9.17) is 11.6 Å². The van der Waals surface area contributed by atoms with Crippen LogP contribution in [0.25, 0.3) is 0 Å². The summed E-state index contributed by atoms with van der Waals surface area (Å²) < 4.78 is 27.8. The fourth-order valence-electron chi connectivity index (χ4n) is 3.65. The fraction of sp³-hybridized carbons (Fsp3) is 0.222. The van der Waals surface area contributed by atoms with Crippen LogP contribution in [0.1, 0.15) is 29.5 Å². The molecule has 0 spiro atoms. The summed E-state index contributed by atoms with van der Waals surface area (Å²) in [5.41, 5.74) is 2.13. The topological polar surface area (TPSA) is 12.0 Å². The second-order valence-electron chi connectivity index (χ2n) is 5.88. The van der Waals surface area contributed by atoms with Crippen molar-refractivity contribution in [1.82, 2.24) is 0 Å². The number of halogens is 3. The Morgan fingerprint density at radius 1 is 1.14 bits per heavy atom. The van der Waals surface area contributed by atoms with E-state index in [0.29, 0.717) is 16.3 Å². The van der Waals surface area contributed by atoms with Crippen LogP contribution in [-0.2, 0) is 0 Å². The van der Waals surface area contributed by atoms with Gasteiger partial charge in [0.2, 0.25) is 0 Å². The van der Waals surface area contributed by atoms with Crippen LogP contribution in [0.3, 0.4) is 0 Å². The average Bonchev–Trinajstić information content (AvgIpc) is 2.96. The van der Waals surface area contributed by atoms with Crippen LogP contribution in [-0.4, -0.2) is 0 Å². The van der Waals surface area contributed by atoms with Gasteiger partial charge < -0.3 is 5.32 Å². The minimum absolute atomic E-state index is 0.0328. The molecule has 1 aliphatic heterocycles. The van der Waals surface area contributed by atoms with Gasteiger partial charge in [-0.15, -0.1) is 0 Å². The molecule has 1 N–H and O–H groups in total. The van der Waals surface area contributed by atoms with E-state index in [-0.39, 0.29) is 17.9 Å². The molecule has 112 valence electrons. The normalized spacial score (nSPS) is 25.5. The first-order valence-electron chi connectivity index (χ1n) is 7.31. The number of rotatable bonds is 1. The molecule has 0 aromatic heterocycles. The highest BCUT2D eigenvalue weighted by molar-refractivity contribution is 6.30. The Morgan fingerprint density at radius 3 is 2.82 bits per heavy atom. The lowest BCUT2D eigenvalue weighted by Gasteiger charge is -2.37. The Morgan fingerprint density at radius 2 is 2.00 bits per heavy atom. The lowest BCUT2D eigenvalue weighted by atomic mass is 9.77. The molecule has 0 saturated heterocycles. The molecule has 22 heavy (non-hydrogen) atoms. The monoisotopic (exact) mass is 317 g/mol. The van der Waals surface area contributed by atoms with Gasteiger partial charge in [-0.05, 0) is 41.7 Å². The molecule has 1 nitrogen and oxygen atoms in total. The largest absolute Gasteiger partial charge is 0.375 e. The maximum atomic E-state index is 14.2. The van der Waals surface area contributed by atoms with E-state index in [0.717, 1.165) is 18.1 Å². The summed E-state index contributed by atoms with van der Waals surface area (Å²) in [5, 5.41) is 3.93. The summed E-state index contributed by atoms with van der Waals surface area (Å²) in [6.07, 6.45) is 5.03. The molecule has 4 rings (SSSR count). The first-order chi connectivity index (χ1) is 10.6. The van der Waals surface area contributed by atoms with E-state index in [1.807, 2.05) is 24.3 Å². The Balaban J connectivity index is 1.84. The van der Waals surface area contributed by atoms with Crippen molar-refractivity contribution < 1.29 is 8.78 Å². The summed E-state index contributed by atoms with van der Waals surface area (Å²) >= 11 is 6.09. The standard InChI is InChI=1S/C18H14ClF2N/c19-11-4-1-3-10(7-11)17-14-6-2-5-13(14)15-8-12(20)9-16(21)18(15)22-17/h1-5,7-9,13-14,17,22H,6H2/t13-,14+,17-/m1/s1. The highest BCUT2D eigenvalue weighted by atomic mass is 35.5. The molecule has 0 unspecified atom stereocenters. The van der Waals surface area contributed by atoms with Crippen molar-refractivity contribution in [2.24, 2.45) is 5.92 Å². The van der Waals surface area contributed by atoms with Gasteiger partial charge in [-0.25, -0.2) is 8.78 Å². The van der Waals surface area contributed by atoms with E-state index in [2.05, 4.69) is 17.5 Å². The number of anilines is 1. The van der Waals surface area contributed by atoms with Gasteiger partial charge in [0.1, 0.15) is 11.6 Å². The summed E-state index contributed by atoms with van der Waals surface area (Å²) in [6.45, 7) is 0. The van der Waals surface area contributed by atoms with Gasteiger partial charge in [-0.2, -0.15) is 0 Å². The quantitative estimate of drug-likeness (QED) is 0.690. The van der Waals surface area contributed by atoms with E-state index in [9.17, 15) is 8.78 Å². The minimum Gasteiger partial charge on any atom is -0.375 e. The van der Waals surface area contributed by atoms with E-state index >= 15 is 0 Å². The Bertz CT molecular complexity index is 772. The van der Waals surface area contributed by atoms with Gasteiger partial charge in [0.05, 0.1) is 11.7 Å². The Kier molecular flexibility index (Phi) is 3.19. The molecule has 1 heterocycles. The van der Waals surface area contributed by atoms with Crippen molar-refractivity contribution in [3.63, 3.8) is 0 Å². The average molecular weight is 318 g/mol. The molecule has 1 aliphatic carbocycles. The van der Waals surface area contributed by atoms with Crippen LogP contribution in [0.2, 0.25) is 5.02 Å². The molecular weight excluding hydrogens is 304 g/mol. The molecule has 0 bridgehead atoms. The van der Waals surface area contributed by atoms with Crippen LogP contribution in [0.15, 0.2) is 48.6 Å².